The van der Waals surface area contributed by atoms with E-state index in [2.05, 4.69) is 26.7 Å². The van der Waals surface area contributed by atoms with Gasteiger partial charge in [-0.25, -0.2) is 4.98 Å². The first-order valence-electron chi connectivity index (χ1n) is 8.16. The third kappa shape index (κ3) is 4.28. The minimum absolute atomic E-state index is 0.526. The van der Waals surface area contributed by atoms with Gasteiger partial charge in [0.15, 0.2) is 0 Å². The van der Waals surface area contributed by atoms with Gasteiger partial charge in [0, 0.05) is 18.3 Å². The van der Waals surface area contributed by atoms with E-state index in [0.29, 0.717) is 29.6 Å². The molecule has 0 spiro atoms. The van der Waals surface area contributed by atoms with Gasteiger partial charge < -0.3 is 15.4 Å². The molecule has 0 unspecified atom stereocenters. The van der Waals surface area contributed by atoms with Crippen molar-refractivity contribution >= 4 is 17.5 Å². The summed E-state index contributed by atoms with van der Waals surface area (Å²) in [5, 5.41) is 15.6. The molecule has 1 aromatic heterocycles. The molecule has 0 fully saturated rings. The maximum absolute atomic E-state index is 9.21. The van der Waals surface area contributed by atoms with E-state index in [1.165, 1.54) is 0 Å². The highest BCUT2D eigenvalue weighted by Crippen LogP contribution is 2.20. The molecule has 3 aromatic rings. The normalized spacial score (nSPS) is 10.0. The Labute approximate surface area is 152 Å². The lowest BCUT2D eigenvalue weighted by Gasteiger charge is -2.11. The van der Waals surface area contributed by atoms with Crippen molar-refractivity contribution in [2.75, 3.05) is 17.7 Å². The van der Waals surface area contributed by atoms with Crippen LogP contribution >= 0.6 is 0 Å². The molecule has 0 aliphatic rings. The molecule has 3 rings (SSSR count). The van der Waals surface area contributed by atoms with Crippen molar-refractivity contribution in [3.05, 3.63) is 71.4 Å². The Hall–Kier alpha value is -3.59. The molecule has 0 saturated heterocycles. The first kappa shape index (κ1) is 17.2. The standard InChI is InChI=1S/C20H19N5O/c1-14-11-19(24-18-6-4-3-5-16(18)12-21)25-20(23-14)22-13-15-7-9-17(26-2)10-8-15/h3-11H,13H2,1-2H3,(H2,22,23,24,25). The van der Waals surface area contributed by atoms with Crippen molar-refractivity contribution < 1.29 is 4.74 Å². The van der Waals surface area contributed by atoms with Gasteiger partial charge in [-0.05, 0) is 36.8 Å². The Balaban J connectivity index is 1.73. The van der Waals surface area contributed by atoms with Crippen molar-refractivity contribution in [3.8, 4) is 11.8 Å². The summed E-state index contributed by atoms with van der Waals surface area (Å²) in [6.45, 7) is 2.50. The topological polar surface area (TPSA) is 82.9 Å². The smallest absolute Gasteiger partial charge is 0.225 e. The van der Waals surface area contributed by atoms with Crippen LogP contribution in [0.2, 0.25) is 0 Å². The van der Waals surface area contributed by atoms with Crippen molar-refractivity contribution in [3.63, 3.8) is 0 Å². The van der Waals surface area contributed by atoms with Gasteiger partial charge in [0.1, 0.15) is 17.6 Å². The van der Waals surface area contributed by atoms with Gasteiger partial charge in [-0.2, -0.15) is 10.2 Å². The summed E-state index contributed by atoms with van der Waals surface area (Å²) in [7, 11) is 1.65. The summed E-state index contributed by atoms with van der Waals surface area (Å²) in [6, 6.07) is 19.1. The molecule has 0 atom stereocenters. The summed E-state index contributed by atoms with van der Waals surface area (Å²) < 4.78 is 5.16. The molecule has 0 radical (unpaired) electrons. The Bertz CT molecular complexity index is 932. The number of hydrogen-bond donors (Lipinski definition) is 2. The number of ether oxygens (including phenoxy) is 1. The lowest BCUT2D eigenvalue weighted by atomic mass is 10.2. The zero-order valence-electron chi connectivity index (χ0n) is 14.7. The zero-order valence-corrected chi connectivity index (χ0v) is 14.7. The number of benzene rings is 2. The van der Waals surface area contributed by atoms with E-state index in [1.807, 2.05) is 55.5 Å². The molecule has 130 valence electrons. The van der Waals surface area contributed by atoms with Crippen molar-refractivity contribution in [1.82, 2.24) is 9.97 Å². The number of anilines is 3. The second-order valence-electron chi connectivity index (χ2n) is 5.70. The summed E-state index contributed by atoms with van der Waals surface area (Å²) in [5.74, 6) is 1.98. The summed E-state index contributed by atoms with van der Waals surface area (Å²) >= 11 is 0. The van der Waals surface area contributed by atoms with Crippen LogP contribution in [0.25, 0.3) is 0 Å². The van der Waals surface area contributed by atoms with Gasteiger partial charge in [-0.15, -0.1) is 0 Å². The highest BCUT2D eigenvalue weighted by atomic mass is 16.5. The SMILES string of the molecule is COc1ccc(CNc2nc(C)cc(Nc3ccccc3C#N)n2)cc1. The molecule has 6 heteroatoms. The van der Waals surface area contributed by atoms with Gasteiger partial charge in [-0.1, -0.05) is 24.3 Å². The van der Waals surface area contributed by atoms with Crippen molar-refractivity contribution in [2.24, 2.45) is 0 Å². The third-order valence-corrected chi connectivity index (χ3v) is 3.77. The summed E-state index contributed by atoms with van der Waals surface area (Å²) in [4.78, 5) is 8.90. The van der Waals surface area contributed by atoms with E-state index in [0.717, 1.165) is 17.0 Å². The van der Waals surface area contributed by atoms with E-state index < -0.39 is 0 Å². The Morgan fingerprint density at radius 3 is 2.58 bits per heavy atom. The predicted molar refractivity (Wildman–Crippen MR) is 102 cm³/mol. The summed E-state index contributed by atoms with van der Waals surface area (Å²) in [6.07, 6.45) is 0. The molecule has 26 heavy (non-hydrogen) atoms. The van der Waals surface area contributed by atoms with Gasteiger partial charge in [0.25, 0.3) is 0 Å². The minimum Gasteiger partial charge on any atom is -0.497 e. The van der Waals surface area contributed by atoms with Crippen LogP contribution in [0.4, 0.5) is 17.5 Å². The number of nitrogens with one attached hydrogen (secondary N) is 2. The van der Waals surface area contributed by atoms with E-state index >= 15 is 0 Å². The second-order valence-corrected chi connectivity index (χ2v) is 5.70. The maximum Gasteiger partial charge on any atom is 0.225 e. The molecule has 6 nitrogen and oxygen atoms in total. The number of nitrogens with zero attached hydrogens (tertiary/aromatic N) is 3. The molecule has 0 aliphatic carbocycles. The minimum atomic E-state index is 0.526. The number of methoxy groups -OCH3 is 1. The Morgan fingerprint density at radius 2 is 1.85 bits per heavy atom. The molecule has 0 saturated carbocycles. The molecular weight excluding hydrogens is 326 g/mol. The third-order valence-electron chi connectivity index (χ3n) is 3.77. The molecular formula is C20H19N5O. The fourth-order valence-electron chi connectivity index (χ4n) is 2.46. The van der Waals surface area contributed by atoms with Crippen LogP contribution in [0.3, 0.4) is 0 Å². The maximum atomic E-state index is 9.21. The number of rotatable bonds is 6. The monoisotopic (exact) mass is 345 g/mol. The molecule has 0 bridgehead atoms. The molecule has 2 N–H and O–H groups in total. The highest BCUT2D eigenvalue weighted by molar-refractivity contribution is 5.65. The molecule has 1 heterocycles. The fourth-order valence-corrected chi connectivity index (χ4v) is 2.46. The lowest BCUT2D eigenvalue weighted by molar-refractivity contribution is 0.414. The number of aromatic nitrogens is 2. The van der Waals surface area contributed by atoms with E-state index in [1.54, 1.807) is 13.2 Å². The number of hydrogen-bond acceptors (Lipinski definition) is 6. The average Bonchev–Trinajstić information content (AvgIpc) is 2.67. The number of nitriles is 1. The average molecular weight is 345 g/mol. The largest absolute Gasteiger partial charge is 0.497 e. The van der Waals surface area contributed by atoms with Crippen molar-refractivity contribution in [2.45, 2.75) is 13.5 Å². The van der Waals surface area contributed by atoms with Crippen molar-refractivity contribution in [1.29, 1.82) is 5.26 Å². The van der Waals surface area contributed by atoms with E-state index in [-0.39, 0.29) is 0 Å². The van der Waals surface area contributed by atoms with Crippen LogP contribution < -0.4 is 15.4 Å². The zero-order chi connectivity index (χ0) is 18.4. The van der Waals surface area contributed by atoms with E-state index in [4.69, 9.17) is 4.74 Å². The fraction of sp³-hybridized carbons (Fsp3) is 0.150. The Kier molecular flexibility index (Phi) is 5.30. The predicted octanol–water partition coefficient (Wildman–Crippen LogP) is 4.02. The van der Waals surface area contributed by atoms with Gasteiger partial charge in [0.2, 0.25) is 5.95 Å². The highest BCUT2D eigenvalue weighted by Gasteiger charge is 2.06. The Morgan fingerprint density at radius 1 is 1.08 bits per heavy atom. The molecule has 0 amide bonds. The first-order chi connectivity index (χ1) is 12.7. The van der Waals surface area contributed by atoms with Gasteiger partial charge in [-0.3, -0.25) is 0 Å². The quantitative estimate of drug-likeness (QED) is 0.702. The van der Waals surface area contributed by atoms with E-state index in [9.17, 15) is 5.26 Å². The van der Waals surface area contributed by atoms with Crippen LogP contribution in [0.15, 0.2) is 54.6 Å². The van der Waals surface area contributed by atoms with Crippen LogP contribution in [-0.4, -0.2) is 17.1 Å². The van der Waals surface area contributed by atoms with Gasteiger partial charge in [0.05, 0.1) is 18.4 Å². The van der Waals surface area contributed by atoms with Gasteiger partial charge >= 0.3 is 0 Å². The van der Waals surface area contributed by atoms with Crippen LogP contribution in [0.5, 0.6) is 5.75 Å². The van der Waals surface area contributed by atoms with Crippen LogP contribution in [0, 0.1) is 18.3 Å². The van der Waals surface area contributed by atoms with Crippen LogP contribution in [-0.2, 0) is 6.54 Å². The first-order valence-corrected chi connectivity index (χ1v) is 8.16. The molecule has 0 aliphatic heterocycles. The second kappa shape index (κ2) is 7.99. The van der Waals surface area contributed by atoms with Crippen LogP contribution in [0.1, 0.15) is 16.8 Å². The molecule has 2 aromatic carbocycles. The lowest BCUT2D eigenvalue weighted by Crippen LogP contribution is -2.06. The number of para-hydroxylation sites is 1. The number of aryl methyl sites for hydroxylation is 1. The summed E-state index contributed by atoms with van der Waals surface area (Å²) in [5.41, 5.74) is 3.21.